The summed E-state index contributed by atoms with van der Waals surface area (Å²) < 4.78 is 2.07. The van der Waals surface area contributed by atoms with Gasteiger partial charge in [0.05, 0.1) is 5.02 Å². The molecule has 0 spiro atoms. The van der Waals surface area contributed by atoms with Crippen LogP contribution in [0.4, 0.5) is 0 Å². The van der Waals surface area contributed by atoms with E-state index in [0.29, 0.717) is 10.5 Å². The van der Waals surface area contributed by atoms with E-state index in [2.05, 4.69) is 125 Å². The van der Waals surface area contributed by atoms with E-state index in [1.165, 1.54) is 22.3 Å². The molecule has 40 heavy (non-hydrogen) atoms. The van der Waals surface area contributed by atoms with Gasteiger partial charge in [-0.05, 0) is 69.8 Å². The minimum atomic E-state index is 0.587. The lowest BCUT2D eigenvalue weighted by Crippen LogP contribution is -1.98. The summed E-state index contributed by atoms with van der Waals surface area (Å²) >= 11 is 6.54. The van der Waals surface area contributed by atoms with Crippen molar-refractivity contribution in [2.24, 2.45) is 0 Å². The predicted molar refractivity (Wildman–Crippen MR) is 166 cm³/mol. The second-order valence-electron chi connectivity index (χ2n) is 9.68. The first-order valence-corrected chi connectivity index (χ1v) is 13.6. The molecule has 0 N–H and O–H groups in total. The Morgan fingerprint density at radius 2 is 0.950 bits per heavy atom. The Bertz CT molecular complexity index is 1870. The number of hydrogen-bond donors (Lipinski definition) is 0. The molecule has 0 saturated carbocycles. The molecule has 2 heterocycles. The first-order chi connectivity index (χ1) is 19.7. The van der Waals surface area contributed by atoms with E-state index in [-0.39, 0.29) is 0 Å². The average Bonchev–Trinajstić information content (AvgIpc) is 3.43. The smallest absolute Gasteiger partial charge is 0.166 e. The fourth-order valence-electron chi connectivity index (χ4n) is 5.16. The number of pyridine rings is 1. The summed E-state index contributed by atoms with van der Waals surface area (Å²) in [7, 11) is 0. The summed E-state index contributed by atoms with van der Waals surface area (Å²) in [5.41, 5.74) is 10.5. The highest BCUT2D eigenvalue weighted by molar-refractivity contribution is 6.34. The highest BCUT2D eigenvalue weighted by atomic mass is 35.5. The first-order valence-electron chi connectivity index (χ1n) is 13.2. The van der Waals surface area contributed by atoms with Crippen molar-refractivity contribution in [3.8, 4) is 50.5 Å². The number of nitrogens with zero attached hydrogens (tertiary/aromatic N) is 3. The number of imidazole rings is 1. The van der Waals surface area contributed by atoms with E-state index in [0.717, 1.165) is 33.8 Å². The van der Waals surface area contributed by atoms with Gasteiger partial charge in [0.2, 0.25) is 0 Å². The minimum absolute atomic E-state index is 0.587. The summed E-state index contributed by atoms with van der Waals surface area (Å²) in [4.78, 5) is 9.56. The van der Waals surface area contributed by atoms with Crippen LogP contribution in [0, 0.1) is 0 Å². The normalized spacial score (nSPS) is 11.1. The number of halogens is 1. The topological polar surface area (TPSA) is 30.7 Å². The number of aromatic nitrogens is 3. The molecule has 0 aliphatic carbocycles. The summed E-state index contributed by atoms with van der Waals surface area (Å²) in [5.74, 6) is 0.802. The number of hydrogen-bond acceptors (Lipinski definition) is 2. The second kappa shape index (κ2) is 10.3. The van der Waals surface area contributed by atoms with Crippen LogP contribution in [0.15, 0.2) is 146 Å². The Hall–Kier alpha value is -4.99. The first kappa shape index (κ1) is 24.1. The van der Waals surface area contributed by atoms with Crippen LogP contribution in [0.2, 0.25) is 5.02 Å². The Morgan fingerprint density at radius 1 is 0.475 bits per heavy atom. The van der Waals surface area contributed by atoms with Gasteiger partial charge in [-0.1, -0.05) is 115 Å². The third-order valence-electron chi connectivity index (χ3n) is 7.14. The van der Waals surface area contributed by atoms with Crippen molar-refractivity contribution >= 4 is 22.8 Å². The molecule has 7 aromatic rings. The van der Waals surface area contributed by atoms with E-state index < -0.39 is 0 Å². The van der Waals surface area contributed by atoms with Gasteiger partial charge in [0.15, 0.2) is 5.65 Å². The van der Waals surface area contributed by atoms with Gasteiger partial charge in [0.25, 0.3) is 0 Å². The molecule has 0 bridgehead atoms. The Labute approximate surface area is 238 Å². The number of rotatable bonds is 5. The highest BCUT2D eigenvalue weighted by Gasteiger charge is 2.17. The van der Waals surface area contributed by atoms with Gasteiger partial charge in [-0.25, -0.2) is 9.97 Å². The fourth-order valence-corrected chi connectivity index (χ4v) is 5.34. The van der Waals surface area contributed by atoms with Crippen LogP contribution in [-0.2, 0) is 0 Å². The van der Waals surface area contributed by atoms with Crippen LogP contribution >= 0.6 is 11.6 Å². The zero-order chi connectivity index (χ0) is 26.9. The van der Waals surface area contributed by atoms with Crippen LogP contribution in [0.1, 0.15) is 0 Å². The molecule has 7 rings (SSSR count). The van der Waals surface area contributed by atoms with Gasteiger partial charge in [-0.2, -0.15) is 0 Å². The van der Waals surface area contributed by atoms with Crippen molar-refractivity contribution in [2.75, 3.05) is 0 Å². The quantitative estimate of drug-likeness (QED) is 0.220. The van der Waals surface area contributed by atoms with E-state index >= 15 is 0 Å². The molecule has 0 saturated heterocycles. The molecule has 0 unspecified atom stereocenters. The molecule has 0 aliphatic rings. The number of fused-ring (bicyclic) bond motifs is 1. The Balaban J connectivity index is 1.35. The lowest BCUT2D eigenvalue weighted by atomic mass is 9.93. The van der Waals surface area contributed by atoms with Crippen molar-refractivity contribution in [3.05, 3.63) is 151 Å². The van der Waals surface area contributed by atoms with Gasteiger partial charge >= 0.3 is 0 Å². The van der Waals surface area contributed by atoms with Crippen molar-refractivity contribution in [1.82, 2.24) is 14.5 Å². The van der Waals surface area contributed by atoms with Crippen molar-refractivity contribution in [1.29, 1.82) is 0 Å². The van der Waals surface area contributed by atoms with Crippen molar-refractivity contribution < 1.29 is 0 Å². The summed E-state index contributed by atoms with van der Waals surface area (Å²) in [5, 5.41) is 0.587. The third kappa shape index (κ3) is 4.47. The standard InChI is InChI=1S/C36H24ClN3/c37-33-20-21-38-36-34(33)39-35(40(36)32-14-8-3-9-15-32)28-18-16-27(17-19-28)31-23-29(25-10-4-1-5-11-25)22-30(24-31)26-12-6-2-7-13-26/h1-24H. The third-order valence-corrected chi connectivity index (χ3v) is 7.44. The van der Waals surface area contributed by atoms with E-state index in [9.17, 15) is 0 Å². The average molecular weight is 534 g/mol. The molecule has 0 radical (unpaired) electrons. The van der Waals surface area contributed by atoms with Crippen LogP contribution < -0.4 is 0 Å². The second-order valence-corrected chi connectivity index (χ2v) is 10.1. The summed E-state index contributed by atoms with van der Waals surface area (Å²) in [6.07, 6.45) is 1.72. The molecular weight excluding hydrogens is 510 g/mol. The molecule has 0 fully saturated rings. The van der Waals surface area contributed by atoms with Gasteiger partial charge in [0.1, 0.15) is 11.3 Å². The lowest BCUT2D eigenvalue weighted by Gasteiger charge is -2.12. The number of benzene rings is 5. The van der Waals surface area contributed by atoms with Crippen molar-refractivity contribution in [3.63, 3.8) is 0 Å². The molecule has 3 nitrogen and oxygen atoms in total. The Kier molecular flexibility index (Phi) is 6.19. The molecule has 0 amide bonds. The monoisotopic (exact) mass is 533 g/mol. The largest absolute Gasteiger partial charge is 0.277 e. The van der Waals surface area contributed by atoms with E-state index in [1.807, 2.05) is 18.2 Å². The summed E-state index contributed by atoms with van der Waals surface area (Å²) in [6.45, 7) is 0. The predicted octanol–water partition coefficient (Wildman–Crippen LogP) is 9.74. The number of para-hydroxylation sites is 1. The highest BCUT2D eigenvalue weighted by Crippen LogP contribution is 2.35. The minimum Gasteiger partial charge on any atom is -0.277 e. The van der Waals surface area contributed by atoms with Gasteiger partial charge in [-0.3, -0.25) is 4.57 Å². The molecule has 2 aromatic heterocycles. The Morgan fingerprint density at radius 3 is 1.50 bits per heavy atom. The fraction of sp³-hybridized carbons (Fsp3) is 0. The maximum Gasteiger partial charge on any atom is 0.166 e. The molecule has 0 aliphatic heterocycles. The zero-order valence-electron chi connectivity index (χ0n) is 21.6. The van der Waals surface area contributed by atoms with Crippen LogP contribution in [0.5, 0.6) is 0 Å². The molecule has 0 atom stereocenters. The maximum absolute atomic E-state index is 6.54. The van der Waals surface area contributed by atoms with E-state index in [4.69, 9.17) is 16.6 Å². The summed E-state index contributed by atoms with van der Waals surface area (Å²) in [6, 6.07) is 48.4. The van der Waals surface area contributed by atoms with Crippen LogP contribution in [-0.4, -0.2) is 14.5 Å². The molecule has 5 aromatic carbocycles. The van der Waals surface area contributed by atoms with Crippen molar-refractivity contribution in [2.45, 2.75) is 0 Å². The van der Waals surface area contributed by atoms with Crippen LogP contribution in [0.25, 0.3) is 61.6 Å². The lowest BCUT2D eigenvalue weighted by molar-refractivity contribution is 1.08. The van der Waals surface area contributed by atoms with Gasteiger partial charge < -0.3 is 0 Å². The molecule has 4 heteroatoms. The SMILES string of the molecule is Clc1ccnc2c1nc(-c1ccc(-c3cc(-c4ccccc4)cc(-c4ccccc4)c3)cc1)n2-c1ccccc1. The van der Waals surface area contributed by atoms with Gasteiger partial charge in [0, 0.05) is 17.4 Å². The maximum atomic E-state index is 6.54. The van der Waals surface area contributed by atoms with Crippen LogP contribution in [0.3, 0.4) is 0 Å². The molecular formula is C36H24ClN3. The van der Waals surface area contributed by atoms with Gasteiger partial charge in [-0.15, -0.1) is 0 Å². The molecule has 190 valence electrons. The van der Waals surface area contributed by atoms with E-state index in [1.54, 1.807) is 12.3 Å². The zero-order valence-corrected chi connectivity index (χ0v) is 22.3.